The third-order valence-electron chi connectivity index (χ3n) is 11.9. The molecular weight excluding hydrogens is 650 g/mol. The Morgan fingerprint density at radius 2 is 1.19 bits per heavy atom. The average Bonchev–Trinajstić information content (AvgIpc) is 3.55. The number of benzene rings is 3. The second-order valence-electron chi connectivity index (χ2n) is 15.0. The van der Waals surface area contributed by atoms with E-state index in [1.54, 1.807) is 0 Å². The zero-order valence-electron chi connectivity index (χ0n) is 27.7. The normalized spacial score (nSPS) is 23.0. The molecule has 1 amide bonds. The van der Waals surface area contributed by atoms with E-state index < -0.39 is 0 Å². The maximum atomic E-state index is 11.2. The van der Waals surface area contributed by atoms with Crippen molar-refractivity contribution in [2.24, 2.45) is 0 Å². The van der Waals surface area contributed by atoms with E-state index in [9.17, 15) is 4.79 Å². The van der Waals surface area contributed by atoms with Crippen LogP contribution in [0.4, 0.5) is 5.69 Å². The summed E-state index contributed by atoms with van der Waals surface area (Å²) in [5.74, 6) is 2.13. The molecule has 3 aromatic rings. The zero-order valence-corrected chi connectivity index (χ0v) is 29.3. The lowest BCUT2D eigenvalue weighted by Crippen LogP contribution is -2.52. The van der Waals surface area contributed by atoms with E-state index in [2.05, 4.69) is 79.6 Å². The Morgan fingerprint density at radius 1 is 0.702 bits per heavy atom. The SMILES string of the molecule is Brc1ccc2c(c1)CC1(CCN(C3CCC3)CC1)O2.CC(=O)Nc1ccc(-c2ccc3c(c2)CC2(CCN(C4CCC4)CC2)O3)cc1. The second-order valence-corrected chi connectivity index (χ2v) is 15.9. The lowest BCUT2D eigenvalue weighted by molar-refractivity contribution is -0.114. The van der Waals surface area contributed by atoms with Gasteiger partial charge in [0.05, 0.1) is 0 Å². The lowest BCUT2D eigenvalue weighted by atomic mass is 9.83. The molecule has 2 saturated heterocycles. The first-order valence-corrected chi connectivity index (χ1v) is 18.8. The van der Waals surface area contributed by atoms with E-state index >= 15 is 0 Å². The standard InChI is InChI=1S/C24H28N2O2.C16H20BrNO/c1-17(27)25-21-8-5-18(6-9-21)19-7-10-23-20(15-19)16-24(28-23)11-13-26(14-12-24)22-3-2-4-22;17-13-4-5-15-12(10-13)11-16(19-15)6-8-18(9-7-16)14-2-1-3-14/h5-10,15,22H,2-4,11-14,16H2,1H3,(H,25,27);4-5,10,14H,1-3,6-9,11H2. The van der Waals surface area contributed by atoms with Gasteiger partial charge < -0.3 is 24.6 Å². The van der Waals surface area contributed by atoms with Gasteiger partial charge in [-0.3, -0.25) is 4.79 Å². The number of hydrogen-bond acceptors (Lipinski definition) is 5. The highest BCUT2D eigenvalue weighted by Crippen LogP contribution is 2.45. The quantitative estimate of drug-likeness (QED) is 0.297. The summed E-state index contributed by atoms with van der Waals surface area (Å²) in [6.07, 6.45) is 15.2. The van der Waals surface area contributed by atoms with E-state index in [4.69, 9.17) is 9.47 Å². The van der Waals surface area contributed by atoms with Crippen molar-refractivity contribution in [1.29, 1.82) is 0 Å². The second kappa shape index (κ2) is 12.9. The monoisotopic (exact) mass is 697 g/mol. The third kappa shape index (κ3) is 6.60. The number of nitrogens with zero attached hydrogens (tertiary/aromatic N) is 2. The smallest absolute Gasteiger partial charge is 0.221 e. The molecule has 7 heteroatoms. The molecule has 0 radical (unpaired) electrons. The van der Waals surface area contributed by atoms with Gasteiger partial charge in [0, 0.05) is 93.9 Å². The van der Waals surface area contributed by atoms with Crippen LogP contribution in [0.1, 0.15) is 82.3 Å². The highest BCUT2D eigenvalue weighted by Gasteiger charge is 2.45. The van der Waals surface area contributed by atoms with Gasteiger partial charge in [0.2, 0.25) is 5.91 Å². The van der Waals surface area contributed by atoms with Crippen molar-refractivity contribution in [3.05, 3.63) is 76.3 Å². The fraction of sp³-hybridized carbons (Fsp3) is 0.525. The van der Waals surface area contributed by atoms with Crippen LogP contribution < -0.4 is 14.8 Å². The Morgan fingerprint density at radius 3 is 1.68 bits per heavy atom. The van der Waals surface area contributed by atoms with E-state index in [0.29, 0.717) is 0 Å². The molecule has 0 bridgehead atoms. The highest BCUT2D eigenvalue weighted by atomic mass is 79.9. The van der Waals surface area contributed by atoms with Crippen molar-refractivity contribution in [3.63, 3.8) is 0 Å². The van der Waals surface area contributed by atoms with Crippen molar-refractivity contribution in [2.45, 2.75) is 107 Å². The fourth-order valence-electron chi connectivity index (χ4n) is 8.62. The minimum absolute atomic E-state index is 0.0104. The van der Waals surface area contributed by atoms with Gasteiger partial charge >= 0.3 is 0 Å². The number of carbonyl (C=O) groups excluding carboxylic acids is 1. The zero-order chi connectivity index (χ0) is 32.0. The lowest BCUT2D eigenvalue weighted by Gasteiger charge is -2.45. The highest BCUT2D eigenvalue weighted by molar-refractivity contribution is 9.10. The number of amides is 1. The van der Waals surface area contributed by atoms with Crippen molar-refractivity contribution < 1.29 is 14.3 Å². The minimum Gasteiger partial charge on any atom is -0.487 e. The number of rotatable bonds is 4. The largest absolute Gasteiger partial charge is 0.487 e. The van der Waals surface area contributed by atoms with Gasteiger partial charge in [0.25, 0.3) is 0 Å². The number of likely N-dealkylation sites (tertiary alicyclic amines) is 2. The molecule has 4 heterocycles. The third-order valence-corrected chi connectivity index (χ3v) is 12.4. The number of fused-ring (bicyclic) bond motifs is 2. The molecular formula is C40H48BrN3O3. The number of hydrogen-bond donors (Lipinski definition) is 1. The molecule has 47 heavy (non-hydrogen) atoms. The molecule has 0 unspecified atom stereocenters. The Kier molecular flexibility index (Phi) is 8.60. The van der Waals surface area contributed by atoms with Gasteiger partial charge in [-0.15, -0.1) is 0 Å². The van der Waals surface area contributed by atoms with Crippen LogP contribution in [-0.2, 0) is 17.6 Å². The van der Waals surface area contributed by atoms with Gasteiger partial charge in [-0.25, -0.2) is 0 Å². The molecule has 3 aromatic carbocycles. The Labute approximate surface area is 288 Å². The molecule has 0 atom stereocenters. The first-order chi connectivity index (χ1) is 22.8. The van der Waals surface area contributed by atoms with Crippen molar-refractivity contribution >= 4 is 27.5 Å². The maximum Gasteiger partial charge on any atom is 0.221 e. The van der Waals surface area contributed by atoms with Crippen molar-refractivity contribution in [2.75, 3.05) is 31.5 Å². The molecule has 9 rings (SSSR count). The number of anilines is 1. The number of nitrogens with one attached hydrogen (secondary N) is 1. The predicted molar refractivity (Wildman–Crippen MR) is 191 cm³/mol. The van der Waals surface area contributed by atoms with Gasteiger partial charge in [-0.05, 0) is 90.4 Å². The van der Waals surface area contributed by atoms with Crippen LogP contribution in [-0.4, -0.2) is 65.2 Å². The molecule has 1 N–H and O–H groups in total. The first-order valence-electron chi connectivity index (χ1n) is 18.0. The van der Waals surface area contributed by atoms with E-state index in [0.717, 1.165) is 60.5 Å². The molecule has 2 aliphatic carbocycles. The van der Waals surface area contributed by atoms with Crippen LogP contribution in [0.5, 0.6) is 11.5 Å². The topological polar surface area (TPSA) is 54.0 Å². The molecule has 2 spiro atoms. The summed E-state index contributed by atoms with van der Waals surface area (Å²) in [7, 11) is 0. The summed E-state index contributed by atoms with van der Waals surface area (Å²) in [6, 6.07) is 22.8. The number of piperidine rings is 2. The van der Waals surface area contributed by atoms with E-state index in [1.165, 1.54) is 106 Å². The molecule has 4 fully saturated rings. The maximum absolute atomic E-state index is 11.2. The molecule has 4 aliphatic heterocycles. The molecule has 6 nitrogen and oxygen atoms in total. The van der Waals surface area contributed by atoms with E-state index in [-0.39, 0.29) is 17.1 Å². The summed E-state index contributed by atoms with van der Waals surface area (Å²) in [5.41, 5.74) is 6.03. The summed E-state index contributed by atoms with van der Waals surface area (Å²) in [6.45, 7) is 6.33. The fourth-order valence-corrected chi connectivity index (χ4v) is 9.03. The summed E-state index contributed by atoms with van der Waals surface area (Å²) < 4.78 is 14.0. The van der Waals surface area contributed by atoms with Gasteiger partial charge in [-0.1, -0.05) is 47.0 Å². The average molecular weight is 699 g/mol. The molecule has 0 aromatic heterocycles. The first kappa shape index (κ1) is 31.4. The number of ether oxygens (including phenoxy) is 2. The summed E-state index contributed by atoms with van der Waals surface area (Å²) in [5, 5.41) is 2.82. The van der Waals surface area contributed by atoms with Crippen LogP contribution in [0, 0.1) is 0 Å². The molecule has 6 aliphatic rings. The van der Waals surface area contributed by atoms with Crippen LogP contribution in [0.25, 0.3) is 11.1 Å². The summed E-state index contributed by atoms with van der Waals surface area (Å²) in [4.78, 5) is 16.6. The van der Waals surface area contributed by atoms with Crippen LogP contribution in [0.3, 0.4) is 0 Å². The van der Waals surface area contributed by atoms with E-state index in [1.807, 2.05) is 12.1 Å². The van der Waals surface area contributed by atoms with Crippen LogP contribution >= 0.6 is 15.9 Å². The predicted octanol–water partition coefficient (Wildman–Crippen LogP) is 8.41. The van der Waals surface area contributed by atoms with Crippen molar-refractivity contribution in [3.8, 4) is 22.6 Å². The van der Waals surface area contributed by atoms with Gasteiger partial charge in [0.1, 0.15) is 22.7 Å². The van der Waals surface area contributed by atoms with Gasteiger partial charge in [0.15, 0.2) is 0 Å². The Hall–Kier alpha value is -2.87. The minimum atomic E-state index is -0.0453. The van der Waals surface area contributed by atoms with Crippen LogP contribution in [0.2, 0.25) is 0 Å². The van der Waals surface area contributed by atoms with Gasteiger partial charge in [-0.2, -0.15) is 0 Å². The number of halogens is 1. The Balaban J connectivity index is 0.000000148. The Bertz CT molecular complexity index is 1600. The number of carbonyl (C=O) groups is 1. The molecule has 248 valence electrons. The van der Waals surface area contributed by atoms with Crippen molar-refractivity contribution in [1.82, 2.24) is 9.80 Å². The summed E-state index contributed by atoms with van der Waals surface area (Å²) >= 11 is 3.56. The molecule has 2 saturated carbocycles. The van der Waals surface area contributed by atoms with Crippen LogP contribution in [0.15, 0.2) is 65.1 Å².